The highest BCUT2D eigenvalue weighted by Crippen LogP contribution is 2.18. The Hall–Kier alpha value is -2.63. The van der Waals surface area contributed by atoms with Gasteiger partial charge in [-0.1, -0.05) is 18.2 Å². The van der Waals surface area contributed by atoms with Crippen LogP contribution in [0.15, 0.2) is 36.5 Å². The van der Waals surface area contributed by atoms with Crippen LogP contribution in [0, 0.1) is 0 Å². The van der Waals surface area contributed by atoms with E-state index in [2.05, 4.69) is 10.3 Å². The van der Waals surface area contributed by atoms with Gasteiger partial charge in [-0.25, -0.2) is 9.59 Å². The summed E-state index contributed by atoms with van der Waals surface area (Å²) in [5.41, 5.74) is 0.904. The molecule has 2 aromatic rings. The van der Waals surface area contributed by atoms with Crippen LogP contribution >= 0.6 is 0 Å². The second-order valence-electron chi connectivity index (χ2n) is 6.23. The maximum atomic E-state index is 11.8. The Balaban J connectivity index is 2.19. The Bertz CT molecular complexity index is 717. The molecule has 0 saturated carbocycles. The van der Waals surface area contributed by atoms with Crippen molar-refractivity contribution in [3.63, 3.8) is 0 Å². The highest BCUT2D eigenvalue weighted by Gasteiger charge is 2.24. The zero-order chi connectivity index (χ0) is 17.0. The van der Waals surface area contributed by atoms with Crippen molar-refractivity contribution >= 4 is 23.0 Å². The van der Waals surface area contributed by atoms with Gasteiger partial charge in [-0.2, -0.15) is 0 Å². The topological polar surface area (TPSA) is 88.5 Å². The number of carboxylic acid groups (broad SMARTS) is 1. The third-order valence-electron chi connectivity index (χ3n) is 3.15. The molecule has 1 aromatic carbocycles. The molecule has 1 heterocycles. The van der Waals surface area contributed by atoms with Gasteiger partial charge in [-0.05, 0) is 38.5 Å². The van der Waals surface area contributed by atoms with Gasteiger partial charge in [0.2, 0.25) is 0 Å². The van der Waals surface area contributed by atoms with E-state index in [-0.39, 0.29) is 6.42 Å². The number of carboxylic acids is 1. The molecule has 0 aliphatic rings. The molecule has 6 heteroatoms. The van der Waals surface area contributed by atoms with Crippen LogP contribution in [-0.2, 0) is 16.0 Å². The predicted octanol–water partition coefficient (Wildman–Crippen LogP) is 2.76. The Kier molecular flexibility index (Phi) is 4.83. The molecule has 0 fully saturated rings. The van der Waals surface area contributed by atoms with Crippen LogP contribution in [0.2, 0.25) is 0 Å². The Labute approximate surface area is 134 Å². The Morgan fingerprint density at radius 3 is 2.61 bits per heavy atom. The van der Waals surface area contributed by atoms with Crippen molar-refractivity contribution in [2.75, 3.05) is 0 Å². The standard InChI is InChI=1S/C17H20N2O4/c1-17(2,3)23-16(22)19-14(15(20)21)10-11-8-9-18-13-7-5-4-6-12(11)13/h4-9,14H,10H2,1-3H3,(H,19,22)(H,20,21). The molecule has 122 valence electrons. The first-order valence-electron chi connectivity index (χ1n) is 7.31. The summed E-state index contributed by atoms with van der Waals surface area (Å²) >= 11 is 0. The number of nitrogens with zero attached hydrogens (tertiary/aromatic N) is 1. The number of fused-ring (bicyclic) bond motifs is 1. The zero-order valence-electron chi connectivity index (χ0n) is 13.4. The molecule has 1 aromatic heterocycles. The number of aliphatic carboxylic acids is 1. The third kappa shape index (κ3) is 4.67. The SMILES string of the molecule is CC(C)(C)OC(=O)NC(Cc1ccnc2ccccc12)C(=O)O. The number of ether oxygens (including phenoxy) is 1. The summed E-state index contributed by atoms with van der Waals surface area (Å²) in [5.74, 6) is -1.11. The Morgan fingerprint density at radius 1 is 1.26 bits per heavy atom. The smallest absolute Gasteiger partial charge is 0.408 e. The zero-order valence-corrected chi connectivity index (χ0v) is 13.4. The van der Waals surface area contributed by atoms with Crippen molar-refractivity contribution < 1.29 is 19.4 Å². The molecule has 0 saturated heterocycles. The van der Waals surface area contributed by atoms with E-state index in [1.165, 1.54) is 0 Å². The first-order valence-corrected chi connectivity index (χ1v) is 7.31. The minimum absolute atomic E-state index is 0.150. The number of carbonyl (C=O) groups is 2. The molecule has 1 atom stereocenters. The quantitative estimate of drug-likeness (QED) is 0.905. The molecule has 2 N–H and O–H groups in total. The van der Waals surface area contributed by atoms with Crippen LogP contribution in [0.3, 0.4) is 0 Å². The number of nitrogens with one attached hydrogen (secondary N) is 1. The van der Waals surface area contributed by atoms with E-state index >= 15 is 0 Å². The molecular formula is C17H20N2O4. The van der Waals surface area contributed by atoms with E-state index in [0.29, 0.717) is 0 Å². The van der Waals surface area contributed by atoms with Gasteiger partial charge in [0, 0.05) is 18.0 Å². The lowest BCUT2D eigenvalue weighted by Crippen LogP contribution is -2.44. The highest BCUT2D eigenvalue weighted by atomic mass is 16.6. The van der Waals surface area contributed by atoms with Gasteiger partial charge < -0.3 is 15.2 Å². The summed E-state index contributed by atoms with van der Waals surface area (Å²) in [4.78, 5) is 27.5. The van der Waals surface area contributed by atoms with E-state index < -0.39 is 23.7 Å². The van der Waals surface area contributed by atoms with Crippen molar-refractivity contribution in [1.29, 1.82) is 0 Å². The van der Waals surface area contributed by atoms with E-state index in [1.807, 2.05) is 24.3 Å². The summed E-state index contributed by atoms with van der Waals surface area (Å²) in [6, 6.07) is 8.16. The fourth-order valence-corrected chi connectivity index (χ4v) is 2.20. The van der Waals surface area contributed by atoms with Gasteiger partial charge >= 0.3 is 12.1 Å². The first-order chi connectivity index (χ1) is 10.8. The number of hydrogen-bond acceptors (Lipinski definition) is 4. The number of carbonyl (C=O) groups excluding carboxylic acids is 1. The summed E-state index contributed by atoms with van der Waals surface area (Å²) in [5, 5.41) is 12.6. The number of benzene rings is 1. The Morgan fingerprint density at radius 2 is 1.96 bits per heavy atom. The predicted molar refractivity (Wildman–Crippen MR) is 86.2 cm³/mol. The number of hydrogen-bond donors (Lipinski definition) is 2. The largest absolute Gasteiger partial charge is 0.480 e. The summed E-state index contributed by atoms with van der Waals surface area (Å²) < 4.78 is 5.12. The van der Waals surface area contributed by atoms with Crippen molar-refractivity contribution in [1.82, 2.24) is 10.3 Å². The minimum Gasteiger partial charge on any atom is -0.480 e. The number of rotatable bonds is 4. The average molecular weight is 316 g/mol. The van der Waals surface area contributed by atoms with Crippen molar-refractivity contribution in [2.45, 2.75) is 38.8 Å². The minimum atomic E-state index is -1.11. The molecule has 23 heavy (non-hydrogen) atoms. The molecule has 1 amide bonds. The highest BCUT2D eigenvalue weighted by molar-refractivity contribution is 5.84. The van der Waals surface area contributed by atoms with Gasteiger partial charge in [0.05, 0.1) is 5.52 Å². The first kappa shape index (κ1) is 16.7. The third-order valence-corrected chi connectivity index (χ3v) is 3.15. The fourth-order valence-electron chi connectivity index (χ4n) is 2.20. The van der Waals surface area contributed by atoms with Crippen LogP contribution in [0.5, 0.6) is 0 Å². The molecular weight excluding hydrogens is 296 g/mol. The normalized spacial score (nSPS) is 12.7. The number of para-hydroxylation sites is 1. The van der Waals surface area contributed by atoms with Crippen molar-refractivity contribution in [3.05, 3.63) is 42.1 Å². The fraction of sp³-hybridized carbons (Fsp3) is 0.353. The van der Waals surface area contributed by atoms with Crippen LogP contribution in [0.25, 0.3) is 10.9 Å². The second kappa shape index (κ2) is 6.64. The van der Waals surface area contributed by atoms with Crippen molar-refractivity contribution in [2.24, 2.45) is 0 Å². The molecule has 0 spiro atoms. The van der Waals surface area contributed by atoms with Gasteiger partial charge in [0.25, 0.3) is 0 Å². The molecule has 1 unspecified atom stereocenters. The van der Waals surface area contributed by atoms with Gasteiger partial charge in [-0.15, -0.1) is 0 Å². The van der Waals surface area contributed by atoms with Gasteiger partial charge in [-0.3, -0.25) is 4.98 Å². The van der Waals surface area contributed by atoms with Crippen LogP contribution in [0.1, 0.15) is 26.3 Å². The number of amides is 1. The maximum absolute atomic E-state index is 11.8. The molecule has 0 aliphatic carbocycles. The second-order valence-corrected chi connectivity index (χ2v) is 6.23. The van der Waals surface area contributed by atoms with Crippen molar-refractivity contribution in [3.8, 4) is 0 Å². The maximum Gasteiger partial charge on any atom is 0.408 e. The number of alkyl carbamates (subject to hydrolysis) is 1. The van der Waals surface area contributed by atoms with E-state index in [9.17, 15) is 14.7 Å². The average Bonchev–Trinajstić information content (AvgIpc) is 2.44. The lowest BCUT2D eigenvalue weighted by Gasteiger charge is -2.22. The molecule has 0 aliphatic heterocycles. The lowest BCUT2D eigenvalue weighted by molar-refractivity contribution is -0.139. The summed E-state index contributed by atoms with van der Waals surface area (Å²) in [6.07, 6.45) is 1.03. The van der Waals surface area contributed by atoms with Crippen LogP contribution < -0.4 is 5.32 Å². The molecule has 6 nitrogen and oxygen atoms in total. The summed E-state index contributed by atoms with van der Waals surface area (Å²) in [7, 11) is 0. The number of aromatic nitrogens is 1. The summed E-state index contributed by atoms with van der Waals surface area (Å²) in [6.45, 7) is 5.16. The van der Waals surface area contributed by atoms with E-state index in [1.54, 1.807) is 33.0 Å². The number of pyridine rings is 1. The molecule has 2 rings (SSSR count). The van der Waals surface area contributed by atoms with Gasteiger partial charge in [0.1, 0.15) is 11.6 Å². The monoisotopic (exact) mass is 316 g/mol. The molecule has 0 bridgehead atoms. The lowest BCUT2D eigenvalue weighted by atomic mass is 10.0. The van der Waals surface area contributed by atoms with Crippen LogP contribution in [0.4, 0.5) is 4.79 Å². The van der Waals surface area contributed by atoms with E-state index in [0.717, 1.165) is 16.5 Å². The van der Waals surface area contributed by atoms with E-state index in [4.69, 9.17) is 4.74 Å². The molecule has 0 radical (unpaired) electrons. The van der Waals surface area contributed by atoms with Gasteiger partial charge in [0.15, 0.2) is 0 Å². The van der Waals surface area contributed by atoms with Crippen LogP contribution in [-0.4, -0.2) is 33.8 Å².